The fourth-order valence-corrected chi connectivity index (χ4v) is 2.63. The molecule has 1 saturated carbocycles. The molecule has 0 N–H and O–H groups in total. The molecule has 2 heteroatoms. The largest absolute Gasteiger partial charge is 0.497 e. The van der Waals surface area contributed by atoms with Gasteiger partial charge in [-0.3, -0.25) is 0 Å². The van der Waals surface area contributed by atoms with Gasteiger partial charge in [-0.05, 0) is 53.6 Å². The predicted molar refractivity (Wildman–Crippen MR) is 76.1 cm³/mol. The van der Waals surface area contributed by atoms with E-state index in [1.807, 2.05) is 24.3 Å². The second-order valence-electron chi connectivity index (χ2n) is 5.00. The van der Waals surface area contributed by atoms with Gasteiger partial charge in [0.15, 0.2) is 0 Å². The average Bonchev–Trinajstić information content (AvgIpc) is 3.28. The van der Waals surface area contributed by atoms with Crippen LogP contribution in [0, 0.1) is 0 Å². The van der Waals surface area contributed by atoms with Crippen molar-refractivity contribution in [3.8, 4) is 11.5 Å². The lowest BCUT2D eigenvalue weighted by Crippen LogP contribution is -1.87. The van der Waals surface area contributed by atoms with E-state index in [9.17, 15) is 0 Å². The van der Waals surface area contributed by atoms with Gasteiger partial charge in [0.25, 0.3) is 0 Å². The molecule has 2 aromatic rings. The number of benzene rings is 2. The van der Waals surface area contributed by atoms with Gasteiger partial charge in [0.05, 0.1) is 14.2 Å². The van der Waals surface area contributed by atoms with Gasteiger partial charge in [0, 0.05) is 0 Å². The molecule has 0 aliphatic heterocycles. The Morgan fingerprint density at radius 3 is 1.37 bits per heavy atom. The van der Waals surface area contributed by atoms with Crippen molar-refractivity contribution in [2.45, 2.75) is 18.3 Å². The Balaban J connectivity index is 1.72. The summed E-state index contributed by atoms with van der Waals surface area (Å²) in [5.41, 5.74) is 2.81. The Morgan fingerprint density at radius 2 is 1.05 bits per heavy atom. The van der Waals surface area contributed by atoms with Crippen LogP contribution in [0.4, 0.5) is 0 Å². The minimum Gasteiger partial charge on any atom is -0.497 e. The number of rotatable bonds is 4. The highest BCUT2D eigenvalue weighted by molar-refractivity contribution is 5.40. The number of methoxy groups -OCH3 is 2. The molecule has 2 nitrogen and oxygen atoms in total. The molecule has 0 unspecified atom stereocenters. The second-order valence-corrected chi connectivity index (χ2v) is 5.00. The van der Waals surface area contributed by atoms with E-state index < -0.39 is 0 Å². The lowest BCUT2D eigenvalue weighted by Gasteiger charge is -2.04. The van der Waals surface area contributed by atoms with E-state index >= 15 is 0 Å². The van der Waals surface area contributed by atoms with Gasteiger partial charge in [0.2, 0.25) is 0 Å². The molecule has 0 heterocycles. The van der Waals surface area contributed by atoms with Gasteiger partial charge in [-0.25, -0.2) is 0 Å². The third kappa shape index (κ3) is 2.43. The zero-order valence-corrected chi connectivity index (χ0v) is 11.3. The van der Waals surface area contributed by atoms with E-state index in [1.165, 1.54) is 17.5 Å². The molecule has 0 saturated heterocycles. The number of hydrogen-bond acceptors (Lipinski definition) is 2. The zero-order chi connectivity index (χ0) is 13.2. The van der Waals surface area contributed by atoms with E-state index in [0.717, 1.165) is 11.5 Å². The molecule has 1 aliphatic carbocycles. The molecule has 98 valence electrons. The maximum atomic E-state index is 5.19. The predicted octanol–water partition coefficient (Wildman–Crippen LogP) is 3.97. The summed E-state index contributed by atoms with van der Waals surface area (Å²) in [5.74, 6) is 3.15. The minimum absolute atomic E-state index is 0.652. The van der Waals surface area contributed by atoms with E-state index in [-0.39, 0.29) is 0 Å². The topological polar surface area (TPSA) is 18.5 Å². The van der Waals surface area contributed by atoms with E-state index in [1.54, 1.807) is 14.2 Å². The molecule has 1 aliphatic rings. The molecule has 19 heavy (non-hydrogen) atoms. The normalized spacial score (nSPS) is 20.9. The number of hydrogen-bond donors (Lipinski definition) is 0. The Labute approximate surface area is 114 Å². The van der Waals surface area contributed by atoms with Crippen LogP contribution < -0.4 is 9.47 Å². The molecular weight excluding hydrogens is 236 g/mol. The first-order valence-electron chi connectivity index (χ1n) is 6.59. The van der Waals surface area contributed by atoms with Crippen molar-refractivity contribution in [3.63, 3.8) is 0 Å². The van der Waals surface area contributed by atoms with Crippen LogP contribution in [0.25, 0.3) is 0 Å². The summed E-state index contributed by atoms with van der Waals surface area (Å²) in [5, 5.41) is 0. The van der Waals surface area contributed by atoms with Crippen LogP contribution in [0.5, 0.6) is 11.5 Å². The van der Waals surface area contributed by atoms with E-state index in [4.69, 9.17) is 9.47 Å². The lowest BCUT2D eigenvalue weighted by atomic mass is 10.0. The zero-order valence-electron chi connectivity index (χ0n) is 11.3. The third-order valence-corrected chi connectivity index (χ3v) is 3.88. The minimum atomic E-state index is 0.652. The summed E-state index contributed by atoms with van der Waals surface area (Å²) in [7, 11) is 3.40. The van der Waals surface area contributed by atoms with Crippen molar-refractivity contribution >= 4 is 0 Å². The van der Waals surface area contributed by atoms with Crippen LogP contribution in [0.3, 0.4) is 0 Å². The van der Waals surface area contributed by atoms with Gasteiger partial charge < -0.3 is 9.47 Å². The Hall–Kier alpha value is -1.96. The summed E-state index contributed by atoms with van der Waals surface area (Å²) in [6, 6.07) is 16.9. The van der Waals surface area contributed by atoms with Crippen LogP contribution in [-0.4, -0.2) is 14.2 Å². The number of ether oxygens (including phenoxy) is 2. The van der Waals surface area contributed by atoms with Crippen molar-refractivity contribution in [2.24, 2.45) is 0 Å². The SMILES string of the molecule is COc1ccc([C@H]2C[C@H]2c2ccc(OC)cc2)cc1. The monoisotopic (exact) mass is 254 g/mol. The van der Waals surface area contributed by atoms with Crippen LogP contribution in [0.15, 0.2) is 48.5 Å². The maximum absolute atomic E-state index is 5.19. The highest BCUT2D eigenvalue weighted by Gasteiger charge is 2.39. The van der Waals surface area contributed by atoms with Crippen LogP contribution >= 0.6 is 0 Å². The maximum Gasteiger partial charge on any atom is 0.118 e. The van der Waals surface area contributed by atoms with E-state index in [2.05, 4.69) is 24.3 Å². The highest BCUT2D eigenvalue weighted by Crippen LogP contribution is 2.54. The van der Waals surface area contributed by atoms with Gasteiger partial charge in [-0.2, -0.15) is 0 Å². The third-order valence-electron chi connectivity index (χ3n) is 3.88. The van der Waals surface area contributed by atoms with Crippen molar-refractivity contribution in [3.05, 3.63) is 59.7 Å². The smallest absolute Gasteiger partial charge is 0.118 e. The molecule has 3 rings (SSSR count). The average molecular weight is 254 g/mol. The molecular formula is C17H18O2. The van der Waals surface area contributed by atoms with E-state index in [0.29, 0.717) is 11.8 Å². The molecule has 0 radical (unpaired) electrons. The van der Waals surface area contributed by atoms with Gasteiger partial charge >= 0.3 is 0 Å². The molecule has 1 fully saturated rings. The second kappa shape index (κ2) is 4.96. The Bertz CT molecular complexity index is 491. The first kappa shape index (κ1) is 12.1. The van der Waals surface area contributed by atoms with Crippen LogP contribution in [0.2, 0.25) is 0 Å². The molecule has 2 aromatic carbocycles. The Morgan fingerprint density at radius 1 is 0.684 bits per heavy atom. The summed E-state index contributed by atoms with van der Waals surface area (Å²) >= 11 is 0. The summed E-state index contributed by atoms with van der Waals surface area (Å²) in [6.45, 7) is 0. The quantitative estimate of drug-likeness (QED) is 0.821. The van der Waals surface area contributed by atoms with Gasteiger partial charge in [-0.1, -0.05) is 24.3 Å². The first-order chi connectivity index (χ1) is 9.31. The van der Waals surface area contributed by atoms with Crippen LogP contribution in [-0.2, 0) is 0 Å². The molecule has 0 amide bonds. The molecule has 2 atom stereocenters. The first-order valence-corrected chi connectivity index (χ1v) is 6.59. The fraction of sp³-hybridized carbons (Fsp3) is 0.294. The summed E-state index contributed by atoms with van der Waals surface area (Å²) < 4.78 is 10.4. The fourth-order valence-electron chi connectivity index (χ4n) is 2.63. The standard InChI is InChI=1S/C17H18O2/c1-18-14-7-3-12(4-8-14)16-11-17(16)13-5-9-15(19-2)10-6-13/h3-10,16-17H,11H2,1-2H3/t16-,17+. The molecule has 0 aromatic heterocycles. The van der Waals surface area contributed by atoms with Crippen molar-refractivity contribution in [1.29, 1.82) is 0 Å². The van der Waals surface area contributed by atoms with Gasteiger partial charge in [0.1, 0.15) is 11.5 Å². The molecule has 0 bridgehead atoms. The summed E-state index contributed by atoms with van der Waals surface area (Å²) in [4.78, 5) is 0. The van der Waals surface area contributed by atoms with Gasteiger partial charge in [-0.15, -0.1) is 0 Å². The van der Waals surface area contributed by atoms with Crippen molar-refractivity contribution < 1.29 is 9.47 Å². The lowest BCUT2D eigenvalue weighted by molar-refractivity contribution is 0.414. The Kier molecular flexibility index (Phi) is 3.16. The summed E-state index contributed by atoms with van der Waals surface area (Å²) in [6.07, 6.45) is 1.23. The molecule has 0 spiro atoms. The van der Waals surface area contributed by atoms with Crippen molar-refractivity contribution in [2.75, 3.05) is 14.2 Å². The van der Waals surface area contributed by atoms with Crippen molar-refractivity contribution in [1.82, 2.24) is 0 Å². The highest BCUT2D eigenvalue weighted by atomic mass is 16.5. The van der Waals surface area contributed by atoms with Crippen LogP contribution in [0.1, 0.15) is 29.4 Å².